The van der Waals surface area contributed by atoms with Crippen LogP contribution in [0.1, 0.15) is 58.7 Å². The van der Waals surface area contributed by atoms with E-state index in [1.807, 2.05) is 20.8 Å². The summed E-state index contributed by atoms with van der Waals surface area (Å²) in [6.07, 6.45) is 0. The molecule has 4 rings (SSSR count). The van der Waals surface area contributed by atoms with Crippen molar-refractivity contribution in [2.24, 2.45) is 5.41 Å². The van der Waals surface area contributed by atoms with E-state index in [0.717, 1.165) is 53.1 Å². The Hall–Kier alpha value is -2.88. The number of fused-ring (bicyclic) bond motifs is 1. The van der Waals surface area contributed by atoms with E-state index in [0.29, 0.717) is 15.2 Å². The van der Waals surface area contributed by atoms with Gasteiger partial charge in [0.2, 0.25) is 0 Å². The van der Waals surface area contributed by atoms with Gasteiger partial charge in [0.05, 0.1) is 5.41 Å². The molecule has 0 fully saturated rings. The standard InChI is InChI=1S/C31H39N2O3P/c1-19-10-11-22(16-24(19)18-33-14-15-36-29-20(2)8-7-9-23(29)17-33)27(31(4,5)30(34)35)25-12-13-26(37-6)28(32)21(25)3/h7-13,16,27,37H,14-15,17-18,32H2,1-6H3,(H,34,35). The third-order valence-corrected chi connectivity index (χ3v) is 8.83. The number of rotatable bonds is 7. The third-order valence-electron chi connectivity index (χ3n) is 7.85. The fourth-order valence-electron chi connectivity index (χ4n) is 5.44. The number of aryl methyl sites for hydroxylation is 2. The van der Waals surface area contributed by atoms with Crippen molar-refractivity contribution in [3.63, 3.8) is 0 Å². The highest BCUT2D eigenvalue weighted by Gasteiger charge is 2.40. The van der Waals surface area contributed by atoms with Gasteiger partial charge < -0.3 is 15.6 Å². The molecule has 0 spiro atoms. The fourth-order valence-corrected chi connectivity index (χ4v) is 6.15. The van der Waals surface area contributed by atoms with Gasteiger partial charge in [0, 0.05) is 36.8 Å². The molecule has 1 aliphatic rings. The minimum Gasteiger partial charge on any atom is -0.492 e. The lowest BCUT2D eigenvalue weighted by atomic mass is 9.69. The topological polar surface area (TPSA) is 75.8 Å². The molecule has 0 aromatic heterocycles. The second kappa shape index (κ2) is 10.8. The van der Waals surface area contributed by atoms with Gasteiger partial charge in [-0.3, -0.25) is 9.69 Å². The number of nitrogen functional groups attached to an aromatic ring is 1. The van der Waals surface area contributed by atoms with Gasteiger partial charge in [-0.15, -0.1) is 0 Å². The molecule has 37 heavy (non-hydrogen) atoms. The van der Waals surface area contributed by atoms with Crippen molar-refractivity contribution < 1.29 is 14.6 Å². The van der Waals surface area contributed by atoms with Gasteiger partial charge in [-0.2, -0.15) is 0 Å². The molecule has 1 heterocycles. The van der Waals surface area contributed by atoms with Crippen LogP contribution < -0.4 is 15.8 Å². The Bertz CT molecular complexity index is 1320. The van der Waals surface area contributed by atoms with Crippen LogP contribution in [0.5, 0.6) is 5.75 Å². The highest BCUT2D eigenvalue weighted by Crippen LogP contribution is 2.44. The highest BCUT2D eigenvalue weighted by atomic mass is 31.1. The normalized spacial score (nSPS) is 15.3. The number of carbonyl (C=O) groups is 1. The lowest BCUT2D eigenvalue weighted by Crippen LogP contribution is -2.33. The van der Waals surface area contributed by atoms with Crippen LogP contribution in [0.4, 0.5) is 5.69 Å². The van der Waals surface area contributed by atoms with Gasteiger partial charge in [-0.05, 0) is 80.0 Å². The zero-order chi connectivity index (χ0) is 26.9. The number of carboxylic acid groups (broad SMARTS) is 1. The molecule has 0 radical (unpaired) electrons. The van der Waals surface area contributed by atoms with Crippen molar-refractivity contribution in [2.75, 3.05) is 25.6 Å². The van der Waals surface area contributed by atoms with Crippen molar-refractivity contribution >= 4 is 25.5 Å². The van der Waals surface area contributed by atoms with Gasteiger partial charge in [0.15, 0.2) is 0 Å². The summed E-state index contributed by atoms with van der Waals surface area (Å²) in [6.45, 7) is 15.1. The van der Waals surface area contributed by atoms with Gasteiger partial charge in [-0.25, -0.2) is 0 Å². The summed E-state index contributed by atoms with van der Waals surface area (Å²) in [4.78, 5) is 14.9. The number of nitrogens with two attached hydrogens (primary N) is 1. The number of anilines is 1. The number of para-hydroxylation sites is 1. The summed E-state index contributed by atoms with van der Waals surface area (Å²) in [5.41, 5.74) is 14.0. The van der Waals surface area contributed by atoms with E-state index < -0.39 is 11.4 Å². The molecule has 196 valence electrons. The average molecular weight is 519 g/mol. The summed E-state index contributed by atoms with van der Waals surface area (Å²) in [7, 11) is 0.591. The van der Waals surface area contributed by atoms with E-state index in [4.69, 9.17) is 10.5 Å². The van der Waals surface area contributed by atoms with E-state index in [1.165, 1.54) is 22.3 Å². The average Bonchev–Trinajstić information content (AvgIpc) is 3.06. The molecule has 1 aliphatic heterocycles. The van der Waals surface area contributed by atoms with Crippen molar-refractivity contribution in [2.45, 2.75) is 53.6 Å². The summed E-state index contributed by atoms with van der Waals surface area (Å²) in [5, 5.41) is 11.4. The molecule has 3 aromatic carbocycles. The maximum Gasteiger partial charge on any atom is 0.310 e. The zero-order valence-electron chi connectivity index (χ0n) is 22.8. The van der Waals surface area contributed by atoms with E-state index in [1.54, 1.807) is 0 Å². The minimum absolute atomic E-state index is 0.336. The number of nitrogens with zero attached hydrogens (tertiary/aromatic N) is 1. The monoisotopic (exact) mass is 518 g/mol. The predicted octanol–water partition coefficient (Wildman–Crippen LogP) is 5.76. The van der Waals surface area contributed by atoms with Crippen LogP contribution in [0.3, 0.4) is 0 Å². The lowest BCUT2D eigenvalue weighted by Gasteiger charge is -2.34. The van der Waals surface area contributed by atoms with E-state index in [2.05, 4.69) is 73.9 Å². The highest BCUT2D eigenvalue weighted by molar-refractivity contribution is 7.46. The number of hydrogen-bond acceptors (Lipinski definition) is 4. The predicted molar refractivity (Wildman–Crippen MR) is 155 cm³/mol. The summed E-state index contributed by atoms with van der Waals surface area (Å²) < 4.78 is 6.09. The van der Waals surface area contributed by atoms with Crippen LogP contribution in [0, 0.1) is 26.2 Å². The molecule has 3 aromatic rings. The second-order valence-corrected chi connectivity index (χ2v) is 11.8. The maximum atomic E-state index is 12.5. The first kappa shape index (κ1) is 27.2. The lowest BCUT2D eigenvalue weighted by molar-refractivity contribution is -0.147. The molecular formula is C31H39N2O3P. The van der Waals surface area contributed by atoms with Crippen LogP contribution in [-0.4, -0.2) is 35.8 Å². The number of aliphatic carboxylic acids is 1. The van der Waals surface area contributed by atoms with Crippen LogP contribution in [0.25, 0.3) is 0 Å². The van der Waals surface area contributed by atoms with Crippen LogP contribution in [-0.2, 0) is 17.9 Å². The largest absolute Gasteiger partial charge is 0.492 e. The Balaban J connectivity index is 1.74. The molecule has 3 N–H and O–H groups in total. The van der Waals surface area contributed by atoms with Crippen molar-refractivity contribution in [3.05, 3.63) is 87.5 Å². The van der Waals surface area contributed by atoms with E-state index in [-0.39, 0.29) is 5.92 Å². The van der Waals surface area contributed by atoms with Crippen molar-refractivity contribution in [1.29, 1.82) is 0 Å². The Labute approximate surface area is 222 Å². The van der Waals surface area contributed by atoms with E-state index in [9.17, 15) is 9.90 Å². The summed E-state index contributed by atoms with van der Waals surface area (Å²) in [5.74, 6) is -0.157. The Kier molecular flexibility index (Phi) is 7.96. The number of carboxylic acids is 1. The van der Waals surface area contributed by atoms with Crippen molar-refractivity contribution in [1.82, 2.24) is 4.90 Å². The van der Waals surface area contributed by atoms with Gasteiger partial charge in [-0.1, -0.05) is 57.1 Å². The summed E-state index contributed by atoms with van der Waals surface area (Å²) >= 11 is 0. The van der Waals surface area contributed by atoms with E-state index >= 15 is 0 Å². The Morgan fingerprint density at radius 2 is 1.89 bits per heavy atom. The molecule has 2 unspecified atom stereocenters. The van der Waals surface area contributed by atoms with Crippen LogP contribution in [0.15, 0.2) is 48.5 Å². The molecular weight excluding hydrogens is 479 g/mol. The van der Waals surface area contributed by atoms with Crippen molar-refractivity contribution in [3.8, 4) is 5.75 Å². The molecule has 0 bridgehead atoms. The summed E-state index contributed by atoms with van der Waals surface area (Å²) in [6, 6.07) is 16.9. The van der Waals surface area contributed by atoms with Gasteiger partial charge >= 0.3 is 5.97 Å². The van der Waals surface area contributed by atoms with Crippen LogP contribution >= 0.6 is 8.58 Å². The molecule has 0 aliphatic carbocycles. The number of hydrogen-bond donors (Lipinski definition) is 2. The van der Waals surface area contributed by atoms with Gasteiger partial charge in [0.1, 0.15) is 12.4 Å². The molecule has 0 saturated carbocycles. The first-order valence-electron chi connectivity index (χ1n) is 12.9. The number of ether oxygens (including phenoxy) is 1. The number of benzene rings is 3. The Morgan fingerprint density at radius 1 is 1.14 bits per heavy atom. The third kappa shape index (κ3) is 5.39. The molecule has 0 saturated heterocycles. The second-order valence-electron chi connectivity index (χ2n) is 10.8. The SMILES string of the molecule is CPc1ccc(C(c2ccc(C)c(CN3CCOc4c(C)cccc4C3)c2)C(C)(C)C(=O)O)c(C)c1N. The first-order valence-corrected chi connectivity index (χ1v) is 14.4. The quantitative estimate of drug-likeness (QED) is 0.307. The zero-order valence-corrected chi connectivity index (χ0v) is 23.8. The maximum absolute atomic E-state index is 12.5. The molecule has 6 heteroatoms. The fraction of sp³-hybridized carbons (Fsp3) is 0.387. The van der Waals surface area contributed by atoms with Gasteiger partial charge in [0.25, 0.3) is 0 Å². The minimum atomic E-state index is -1.02. The smallest absolute Gasteiger partial charge is 0.310 e. The van der Waals surface area contributed by atoms with Crippen LogP contribution in [0.2, 0.25) is 0 Å². The Morgan fingerprint density at radius 3 is 2.59 bits per heavy atom. The molecule has 2 atom stereocenters. The molecule has 5 nitrogen and oxygen atoms in total. The molecule has 0 amide bonds. The first-order chi connectivity index (χ1) is 17.5.